The smallest absolute Gasteiger partial charge is 0.223 e. The van der Waals surface area contributed by atoms with E-state index in [4.69, 9.17) is 4.74 Å². The minimum Gasteiger partial charge on any atom is -0.385 e. The predicted octanol–water partition coefficient (Wildman–Crippen LogP) is 0.993. The number of carbonyl (C=O) groups excluding carboxylic acids is 1. The Morgan fingerprint density at radius 3 is 2.73 bits per heavy atom. The highest BCUT2D eigenvalue weighted by Gasteiger charge is 2.57. The fourth-order valence-corrected chi connectivity index (χ4v) is 4.23. The third-order valence-corrected chi connectivity index (χ3v) is 5.86. The third-order valence-electron chi connectivity index (χ3n) is 5.86. The molecule has 126 valence electrons. The highest BCUT2D eigenvalue weighted by molar-refractivity contribution is 5.82. The second-order valence-corrected chi connectivity index (χ2v) is 7.34. The number of carbonyl (C=O) groups is 1. The molecular weight excluding hydrogens is 278 g/mol. The minimum atomic E-state index is 0.300. The molecule has 2 N–H and O–H groups in total. The van der Waals surface area contributed by atoms with Gasteiger partial charge in [0.25, 0.3) is 0 Å². The zero-order chi connectivity index (χ0) is 15.4. The van der Waals surface area contributed by atoms with Crippen LogP contribution in [0.2, 0.25) is 0 Å². The van der Waals surface area contributed by atoms with Crippen molar-refractivity contribution in [3.63, 3.8) is 0 Å². The maximum atomic E-state index is 12.5. The van der Waals surface area contributed by atoms with Crippen LogP contribution in [0.15, 0.2) is 0 Å². The quantitative estimate of drug-likeness (QED) is 0.719. The summed E-state index contributed by atoms with van der Waals surface area (Å²) >= 11 is 0. The number of nitrogens with one attached hydrogen (secondary N) is 2. The summed E-state index contributed by atoms with van der Waals surface area (Å²) in [4.78, 5) is 15.0. The van der Waals surface area contributed by atoms with Crippen LogP contribution in [0.1, 0.15) is 38.5 Å². The molecular formula is C17H31N3O2. The van der Waals surface area contributed by atoms with Gasteiger partial charge in [-0.25, -0.2) is 0 Å². The highest BCUT2D eigenvalue weighted by Crippen LogP contribution is 2.58. The van der Waals surface area contributed by atoms with Gasteiger partial charge >= 0.3 is 0 Å². The monoisotopic (exact) mass is 309 g/mol. The molecule has 2 saturated heterocycles. The first-order valence-corrected chi connectivity index (χ1v) is 8.96. The van der Waals surface area contributed by atoms with Crippen molar-refractivity contribution in [2.45, 2.75) is 44.6 Å². The summed E-state index contributed by atoms with van der Waals surface area (Å²) in [5.74, 6) is 0.633. The van der Waals surface area contributed by atoms with Crippen molar-refractivity contribution in [2.75, 3.05) is 46.4 Å². The van der Waals surface area contributed by atoms with Gasteiger partial charge in [-0.05, 0) is 57.0 Å². The van der Waals surface area contributed by atoms with Crippen LogP contribution in [0.5, 0.6) is 0 Å². The Hall–Kier alpha value is -0.650. The summed E-state index contributed by atoms with van der Waals surface area (Å²) in [6.45, 7) is 6.35. The average Bonchev–Trinajstić information content (AvgIpc) is 3.23. The first kappa shape index (κ1) is 16.2. The maximum absolute atomic E-state index is 12.5. The fourth-order valence-electron chi connectivity index (χ4n) is 4.23. The summed E-state index contributed by atoms with van der Waals surface area (Å²) in [5.41, 5.74) is 0.357. The van der Waals surface area contributed by atoms with Crippen LogP contribution in [0.4, 0.5) is 0 Å². The Morgan fingerprint density at radius 1 is 1.32 bits per heavy atom. The van der Waals surface area contributed by atoms with E-state index in [1.165, 1.54) is 12.8 Å². The summed E-state index contributed by atoms with van der Waals surface area (Å²) in [7, 11) is 1.76. The van der Waals surface area contributed by atoms with E-state index in [0.717, 1.165) is 65.0 Å². The van der Waals surface area contributed by atoms with Crippen LogP contribution < -0.4 is 10.6 Å². The molecule has 5 heteroatoms. The van der Waals surface area contributed by atoms with E-state index in [0.29, 0.717) is 23.3 Å². The van der Waals surface area contributed by atoms with Gasteiger partial charge in [0.2, 0.25) is 5.91 Å². The normalized spacial score (nSPS) is 28.7. The van der Waals surface area contributed by atoms with Gasteiger partial charge in [-0.1, -0.05) is 0 Å². The topological polar surface area (TPSA) is 53.6 Å². The van der Waals surface area contributed by atoms with Gasteiger partial charge < -0.3 is 20.3 Å². The molecule has 2 heterocycles. The minimum absolute atomic E-state index is 0.300. The van der Waals surface area contributed by atoms with Gasteiger partial charge in [0.05, 0.1) is 0 Å². The van der Waals surface area contributed by atoms with Crippen LogP contribution in [0, 0.1) is 11.3 Å². The van der Waals surface area contributed by atoms with E-state index < -0.39 is 0 Å². The molecule has 3 aliphatic rings. The summed E-state index contributed by atoms with van der Waals surface area (Å²) in [5, 5.41) is 6.73. The Labute approximate surface area is 134 Å². The molecule has 1 amide bonds. The number of methoxy groups -OCH3 is 1. The van der Waals surface area contributed by atoms with Crippen LogP contribution in [0.25, 0.3) is 0 Å². The molecule has 22 heavy (non-hydrogen) atoms. The van der Waals surface area contributed by atoms with Crippen molar-refractivity contribution in [3.05, 3.63) is 0 Å². The third kappa shape index (κ3) is 3.81. The van der Waals surface area contributed by atoms with Crippen molar-refractivity contribution in [1.82, 2.24) is 15.5 Å². The maximum Gasteiger partial charge on any atom is 0.223 e. The Kier molecular flexibility index (Phi) is 5.37. The van der Waals surface area contributed by atoms with Crippen molar-refractivity contribution in [3.8, 4) is 0 Å². The molecule has 3 fully saturated rings. The van der Waals surface area contributed by atoms with Crippen LogP contribution in [-0.2, 0) is 9.53 Å². The molecule has 1 unspecified atom stereocenters. The van der Waals surface area contributed by atoms with Gasteiger partial charge in [-0.2, -0.15) is 0 Å². The van der Waals surface area contributed by atoms with E-state index in [-0.39, 0.29) is 0 Å². The second-order valence-electron chi connectivity index (χ2n) is 7.34. The molecule has 1 atom stereocenters. The van der Waals surface area contributed by atoms with Crippen molar-refractivity contribution >= 4 is 5.91 Å². The lowest BCUT2D eigenvalue weighted by molar-refractivity contribution is -0.124. The SMILES string of the molecule is COCCCN1CCC(NC(=O)C2CC23CCNCC3)CC1. The molecule has 0 aromatic carbocycles. The van der Waals surface area contributed by atoms with E-state index in [9.17, 15) is 4.79 Å². The lowest BCUT2D eigenvalue weighted by atomic mass is 9.91. The number of ether oxygens (including phenoxy) is 1. The first-order valence-electron chi connectivity index (χ1n) is 8.96. The number of piperidine rings is 2. The number of likely N-dealkylation sites (tertiary alicyclic amines) is 1. The Balaban J connectivity index is 1.35. The van der Waals surface area contributed by atoms with E-state index in [1.807, 2.05) is 0 Å². The molecule has 0 radical (unpaired) electrons. The molecule has 0 bridgehead atoms. The second kappa shape index (κ2) is 7.28. The molecule has 1 spiro atoms. The zero-order valence-corrected chi connectivity index (χ0v) is 13.9. The van der Waals surface area contributed by atoms with E-state index in [1.54, 1.807) is 7.11 Å². The van der Waals surface area contributed by atoms with Crippen molar-refractivity contribution in [1.29, 1.82) is 0 Å². The molecule has 3 rings (SSSR count). The number of hydrogen-bond donors (Lipinski definition) is 2. The van der Waals surface area contributed by atoms with Crippen LogP contribution >= 0.6 is 0 Å². The highest BCUT2D eigenvalue weighted by atomic mass is 16.5. The molecule has 5 nitrogen and oxygen atoms in total. The number of rotatable bonds is 6. The number of nitrogens with zero attached hydrogens (tertiary/aromatic N) is 1. The fraction of sp³-hybridized carbons (Fsp3) is 0.941. The molecule has 1 aliphatic carbocycles. The zero-order valence-electron chi connectivity index (χ0n) is 13.9. The van der Waals surface area contributed by atoms with Gasteiger partial charge in [0.15, 0.2) is 0 Å². The molecule has 2 aliphatic heterocycles. The Morgan fingerprint density at radius 2 is 2.05 bits per heavy atom. The Bertz CT molecular complexity index is 374. The molecule has 1 saturated carbocycles. The van der Waals surface area contributed by atoms with Crippen LogP contribution in [-0.4, -0.2) is 63.3 Å². The van der Waals surface area contributed by atoms with Gasteiger partial charge in [0.1, 0.15) is 0 Å². The number of hydrogen-bond acceptors (Lipinski definition) is 4. The van der Waals surface area contributed by atoms with Gasteiger partial charge in [0, 0.05) is 45.3 Å². The first-order chi connectivity index (χ1) is 10.7. The lowest BCUT2D eigenvalue weighted by Gasteiger charge is -2.32. The molecule has 0 aromatic rings. The summed E-state index contributed by atoms with van der Waals surface area (Å²) < 4.78 is 5.11. The van der Waals surface area contributed by atoms with Gasteiger partial charge in [-0.3, -0.25) is 4.79 Å². The average molecular weight is 309 g/mol. The lowest BCUT2D eigenvalue weighted by Crippen LogP contribution is -2.46. The van der Waals surface area contributed by atoms with Crippen LogP contribution in [0.3, 0.4) is 0 Å². The van der Waals surface area contributed by atoms with E-state index >= 15 is 0 Å². The predicted molar refractivity (Wildman–Crippen MR) is 86.7 cm³/mol. The summed E-state index contributed by atoms with van der Waals surface area (Å²) in [6.07, 6.45) is 6.79. The molecule has 0 aromatic heterocycles. The standard InChI is InChI=1S/C17H31N3O2/c1-22-12-2-9-20-10-3-14(4-11-20)19-16(21)15-13-17(15)5-7-18-8-6-17/h14-15,18H,2-13H2,1H3,(H,19,21). The summed E-state index contributed by atoms with van der Waals surface area (Å²) in [6, 6.07) is 0.394. The number of amides is 1. The van der Waals surface area contributed by atoms with Gasteiger partial charge in [-0.15, -0.1) is 0 Å². The van der Waals surface area contributed by atoms with E-state index in [2.05, 4.69) is 15.5 Å². The van der Waals surface area contributed by atoms with Crippen molar-refractivity contribution in [2.24, 2.45) is 11.3 Å². The largest absolute Gasteiger partial charge is 0.385 e. The van der Waals surface area contributed by atoms with Crippen molar-refractivity contribution < 1.29 is 9.53 Å².